The summed E-state index contributed by atoms with van der Waals surface area (Å²) in [5, 5.41) is 8.35. The topological polar surface area (TPSA) is 44.1 Å². The molecule has 0 aromatic rings. The summed E-state index contributed by atoms with van der Waals surface area (Å²) in [6.07, 6.45) is 4.27. The molecule has 1 fully saturated rings. The van der Waals surface area contributed by atoms with E-state index in [1.54, 1.807) is 7.05 Å². The van der Waals surface area contributed by atoms with Crippen molar-refractivity contribution in [3.8, 4) is 6.07 Å². The van der Waals surface area contributed by atoms with Gasteiger partial charge >= 0.3 is 0 Å². The van der Waals surface area contributed by atoms with Crippen molar-refractivity contribution in [3.63, 3.8) is 0 Å². The van der Waals surface area contributed by atoms with Gasteiger partial charge in [0.25, 0.3) is 0 Å². The molecule has 0 heterocycles. The molecule has 0 atom stereocenters. The van der Waals surface area contributed by atoms with Crippen LogP contribution in [0.5, 0.6) is 0 Å². The van der Waals surface area contributed by atoms with E-state index in [0.717, 1.165) is 0 Å². The van der Waals surface area contributed by atoms with Crippen LogP contribution in [0.1, 0.15) is 25.7 Å². The standard InChI is InChI=1S/C9H14N2O/c1-11(6-5-10)9(12)7-8-3-2-4-8/h8H,2-4,6-7H2,1H3. The van der Waals surface area contributed by atoms with Crippen molar-refractivity contribution in [2.24, 2.45) is 5.92 Å². The molecule has 0 unspecified atom stereocenters. The second kappa shape index (κ2) is 4.10. The summed E-state index contributed by atoms with van der Waals surface area (Å²) in [4.78, 5) is 12.8. The van der Waals surface area contributed by atoms with Crippen LogP contribution in [0.3, 0.4) is 0 Å². The van der Waals surface area contributed by atoms with Gasteiger partial charge in [-0.2, -0.15) is 5.26 Å². The van der Waals surface area contributed by atoms with Gasteiger partial charge in [0.2, 0.25) is 5.91 Å². The fraction of sp³-hybridized carbons (Fsp3) is 0.778. The van der Waals surface area contributed by atoms with Gasteiger partial charge in [-0.25, -0.2) is 0 Å². The van der Waals surface area contributed by atoms with Crippen molar-refractivity contribution in [1.82, 2.24) is 4.90 Å². The van der Waals surface area contributed by atoms with Gasteiger partial charge in [0.1, 0.15) is 6.54 Å². The largest absolute Gasteiger partial charge is 0.332 e. The van der Waals surface area contributed by atoms with Gasteiger partial charge in [0.15, 0.2) is 0 Å². The zero-order valence-corrected chi connectivity index (χ0v) is 7.42. The molecule has 0 radical (unpaired) electrons. The molecule has 0 spiro atoms. The van der Waals surface area contributed by atoms with Crippen LogP contribution in [0.4, 0.5) is 0 Å². The van der Waals surface area contributed by atoms with Crippen LogP contribution >= 0.6 is 0 Å². The fourth-order valence-electron chi connectivity index (χ4n) is 1.29. The SMILES string of the molecule is CN(CC#N)C(=O)CC1CCC1. The van der Waals surface area contributed by atoms with Gasteiger partial charge in [0.05, 0.1) is 6.07 Å². The molecule has 1 amide bonds. The number of hydrogen-bond donors (Lipinski definition) is 0. The number of carbonyl (C=O) groups excluding carboxylic acids is 1. The van der Waals surface area contributed by atoms with Gasteiger partial charge in [-0.05, 0) is 18.8 Å². The van der Waals surface area contributed by atoms with Crippen LogP contribution in [-0.4, -0.2) is 24.4 Å². The Kier molecular flexibility index (Phi) is 3.09. The highest BCUT2D eigenvalue weighted by Gasteiger charge is 2.21. The minimum Gasteiger partial charge on any atom is -0.332 e. The number of hydrogen-bond acceptors (Lipinski definition) is 2. The van der Waals surface area contributed by atoms with Gasteiger partial charge in [0, 0.05) is 13.5 Å². The van der Waals surface area contributed by atoms with Gasteiger partial charge in [-0.1, -0.05) is 6.42 Å². The number of rotatable bonds is 3. The highest BCUT2D eigenvalue weighted by molar-refractivity contribution is 5.76. The van der Waals surface area contributed by atoms with E-state index in [2.05, 4.69) is 0 Å². The molecule has 12 heavy (non-hydrogen) atoms. The Morgan fingerprint density at radius 2 is 2.33 bits per heavy atom. The van der Waals surface area contributed by atoms with E-state index in [0.29, 0.717) is 12.3 Å². The molecule has 1 aliphatic carbocycles. The predicted octanol–water partition coefficient (Wildman–Crippen LogP) is 1.16. The van der Waals surface area contributed by atoms with E-state index in [9.17, 15) is 4.79 Å². The van der Waals surface area contributed by atoms with Crippen molar-refractivity contribution in [2.75, 3.05) is 13.6 Å². The molecule has 1 saturated carbocycles. The van der Waals surface area contributed by atoms with E-state index in [4.69, 9.17) is 5.26 Å². The third-order valence-corrected chi connectivity index (χ3v) is 2.42. The third-order valence-electron chi connectivity index (χ3n) is 2.42. The first-order valence-corrected chi connectivity index (χ1v) is 4.35. The molecule has 0 saturated heterocycles. The molecule has 3 heteroatoms. The average Bonchev–Trinajstić information content (AvgIpc) is 1.97. The summed E-state index contributed by atoms with van der Waals surface area (Å²) < 4.78 is 0. The molecule has 3 nitrogen and oxygen atoms in total. The second-order valence-electron chi connectivity index (χ2n) is 3.41. The Morgan fingerprint density at radius 3 is 2.75 bits per heavy atom. The van der Waals surface area contributed by atoms with E-state index in [-0.39, 0.29) is 12.5 Å². The average molecular weight is 166 g/mol. The number of carbonyl (C=O) groups is 1. The van der Waals surface area contributed by atoms with E-state index >= 15 is 0 Å². The fourth-order valence-corrected chi connectivity index (χ4v) is 1.29. The van der Waals surface area contributed by atoms with Gasteiger partial charge < -0.3 is 4.90 Å². The lowest BCUT2D eigenvalue weighted by atomic mass is 9.83. The Hall–Kier alpha value is -1.04. The van der Waals surface area contributed by atoms with E-state index < -0.39 is 0 Å². The maximum atomic E-state index is 11.3. The zero-order valence-electron chi connectivity index (χ0n) is 7.42. The molecular weight excluding hydrogens is 152 g/mol. The van der Waals surface area contributed by atoms with E-state index in [1.807, 2.05) is 6.07 Å². The van der Waals surface area contributed by atoms with Gasteiger partial charge in [-0.3, -0.25) is 4.79 Å². The number of nitrogens with zero attached hydrogens (tertiary/aromatic N) is 2. The lowest BCUT2D eigenvalue weighted by molar-refractivity contribution is -0.130. The summed E-state index contributed by atoms with van der Waals surface area (Å²) in [7, 11) is 1.68. The summed E-state index contributed by atoms with van der Waals surface area (Å²) in [5.41, 5.74) is 0. The highest BCUT2D eigenvalue weighted by Crippen LogP contribution is 2.29. The normalized spacial score (nSPS) is 16.3. The molecule has 66 valence electrons. The minimum absolute atomic E-state index is 0.112. The van der Waals surface area contributed by atoms with Crippen LogP contribution < -0.4 is 0 Å². The van der Waals surface area contributed by atoms with E-state index in [1.165, 1.54) is 24.2 Å². The highest BCUT2D eigenvalue weighted by atomic mass is 16.2. The van der Waals surface area contributed by atoms with Crippen LogP contribution in [0.15, 0.2) is 0 Å². The van der Waals surface area contributed by atoms with Crippen molar-refractivity contribution >= 4 is 5.91 Å². The third kappa shape index (κ3) is 2.23. The molecule has 0 aromatic heterocycles. The molecule has 0 N–H and O–H groups in total. The Balaban J connectivity index is 2.22. The van der Waals surface area contributed by atoms with Crippen LogP contribution in [0.2, 0.25) is 0 Å². The lowest BCUT2D eigenvalue weighted by Crippen LogP contribution is -2.30. The molecule has 1 rings (SSSR count). The summed E-state index contributed by atoms with van der Waals surface area (Å²) in [5.74, 6) is 0.708. The Labute approximate surface area is 73.0 Å². The molecule has 0 aromatic carbocycles. The smallest absolute Gasteiger partial charge is 0.223 e. The maximum absolute atomic E-state index is 11.3. The summed E-state index contributed by atoms with van der Waals surface area (Å²) in [6.45, 7) is 0.214. The summed E-state index contributed by atoms with van der Waals surface area (Å²) in [6, 6.07) is 1.96. The quantitative estimate of drug-likeness (QED) is 0.590. The molecule has 1 aliphatic rings. The minimum atomic E-state index is 0.112. The van der Waals surface area contributed by atoms with Crippen molar-refractivity contribution in [2.45, 2.75) is 25.7 Å². The van der Waals surface area contributed by atoms with Crippen LogP contribution in [0, 0.1) is 17.2 Å². The first-order chi connectivity index (χ1) is 5.74. The van der Waals surface area contributed by atoms with Crippen LogP contribution in [-0.2, 0) is 4.79 Å². The second-order valence-corrected chi connectivity index (χ2v) is 3.41. The molecular formula is C9H14N2O. The molecule has 0 bridgehead atoms. The first kappa shape index (κ1) is 9.05. The van der Waals surface area contributed by atoms with Crippen molar-refractivity contribution in [1.29, 1.82) is 5.26 Å². The zero-order chi connectivity index (χ0) is 8.97. The van der Waals surface area contributed by atoms with Gasteiger partial charge in [-0.15, -0.1) is 0 Å². The Bertz CT molecular complexity index is 203. The molecule has 0 aliphatic heterocycles. The first-order valence-electron chi connectivity index (χ1n) is 4.35. The van der Waals surface area contributed by atoms with Crippen LogP contribution in [0.25, 0.3) is 0 Å². The predicted molar refractivity (Wildman–Crippen MR) is 45.2 cm³/mol. The lowest BCUT2D eigenvalue weighted by Gasteiger charge is -2.26. The summed E-state index contributed by atoms with van der Waals surface area (Å²) >= 11 is 0. The monoisotopic (exact) mass is 166 g/mol. The number of amides is 1. The van der Waals surface area contributed by atoms with Crippen molar-refractivity contribution in [3.05, 3.63) is 0 Å². The number of nitriles is 1. The van der Waals surface area contributed by atoms with Crippen molar-refractivity contribution < 1.29 is 4.79 Å². The Morgan fingerprint density at radius 1 is 1.67 bits per heavy atom. The maximum Gasteiger partial charge on any atom is 0.223 e.